The molecule has 2 aromatic heterocycles. The van der Waals surface area contributed by atoms with E-state index in [9.17, 15) is 4.79 Å². The quantitative estimate of drug-likeness (QED) is 0.692. The maximum atomic E-state index is 12.2. The van der Waals surface area contributed by atoms with Crippen molar-refractivity contribution in [3.8, 4) is 5.69 Å². The van der Waals surface area contributed by atoms with Gasteiger partial charge >= 0.3 is 6.03 Å². The van der Waals surface area contributed by atoms with Gasteiger partial charge in [-0.3, -0.25) is 0 Å². The number of hydrogen-bond acceptors (Lipinski definition) is 4. The minimum Gasteiger partial charge on any atom is -0.363 e. The molecule has 146 valence electrons. The van der Waals surface area contributed by atoms with E-state index in [1.54, 1.807) is 6.20 Å². The maximum absolute atomic E-state index is 12.2. The van der Waals surface area contributed by atoms with Crippen molar-refractivity contribution in [1.29, 1.82) is 0 Å². The number of urea groups is 1. The normalized spacial score (nSPS) is 10.6. The molecule has 2 heterocycles. The van der Waals surface area contributed by atoms with Crippen molar-refractivity contribution in [3.63, 3.8) is 0 Å². The molecule has 0 spiro atoms. The number of para-hydroxylation sites is 1. The van der Waals surface area contributed by atoms with E-state index in [1.165, 1.54) is 0 Å². The van der Waals surface area contributed by atoms with Crippen LogP contribution >= 0.6 is 0 Å². The minimum absolute atomic E-state index is 0.213. The number of aryl methyl sites for hydroxylation is 1. The summed E-state index contributed by atoms with van der Waals surface area (Å²) in [6.07, 6.45) is 1.74. The van der Waals surface area contributed by atoms with Gasteiger partial charge in [-0.05, 0) is 43.7 Å². The van der Waals surface area contributed by atoms with Gasteiger partial charge < -0.3 is 15.5 Å². The van der Waals surface area contributed by atoms with Gasteiger partial charge in [0.05, 0.1) is 11.4 Å². The zero-order valence-electron chi connectivity index (χ0n) is 16.7. The summed E-state index contributed by atoms with van der Waals surface area (Å²) in [6, 6.07) is 13.6. The van der Waals surface area contributed by atoms with E-state index < -0.39 is 0 Å². The van der Waals surface area contributed by atoms with Crippen LogP contribution in [0.15, 0.2) is 48.7 Å². The zero-order valence-corrected chi connectivity index (χ0v) is 16.7. The molecule has 0 saturated carbocycles. The second kappa shape index (κ2) is 8.56. The SMILES string of the molecule is Cc1nn(-c2ccccc2)c(C)c1CNC(=O)NCc1ccnc(N(C)C)c1. The van der Waals surface area contributed by atoms with Crippen LogP contribution in [-0.4, -0.2) is 34.9 Å². The fourth-order valence-electron chi connectivity index (χ4n) is 2.98. The van der Waals surface area contributed by atoms with Crippen molar-refractivity contribution < 1.29 is 4.79 Å². The molecule has 2 amide bonds. The third-order valence-electron chi connectivity index (χ3n) is 4.59. The molecule has 3 rings (SSSR count). The first-order chi connectivity index (χ1) is 13.5. The number of pyridine rings is 1. The molecular formula is C21H26N6O. The first kappa shape index (κ1) is 19.4. The predicted molar refractivity (Wildman–Crippen MR) is 111 cm³/mol. The molecule has 0 bridgehead atoms. The van der Waals surface area contributed by atoms with E-state index >= 15 is 0 Å². The molecule has 28 heavy (non-hydrogen) atoms. The lowest BCUT2D eigenvalue weighted by atomic mass is 10.2. The van der Waals surface area contributed by atoms with Gasteiger partial charge in [0.2, 0.25) is 0 Å². The molecule has 7 heteroatoms. The second-order valence-electron chi connectivity index (χ2n) is 6.85. The summed E-state index contributed by atoms with van der Waals surface area (Å²) in [6.45, 7) is 4.84. The Kier molecular flexibility index (Phi) is 5.93. The summed E-state index contributed by atoms with van der Waals surface area (Å²) >= 11 is 0. The highest BCUT2D eigenvalue weighted by molar-refractivity contribution is 5.73. The summed E-state index contributed by atoms with van der Waals surface area (Å²) in [5.41, 5.74) is 4.96. The average Bonchev–Trinajstić information content (AvgIpc) is 2.99. The van der Waals surface area contributed by atoms with E-state index in [1.807, 2.05) is 80.0 Å². The van der Waals surface area contributed by atoms with E-state index in [0.717, 1.165) is 34.0 Å². The molecule has 0 aliphatic heterocycles. The van der Waals surface area contributed by atoms with Crippen LogP contribution in [0.2, 0.25) is 0 Å². The highest BCUT2D eigenvalue weighted by atomic mass is 16.2. The van der Waals surface area contributed by atoms with E-state index in [2.05, 4.69) is 20.7 Å². The summed E-state index contributed by atoms with van der Waals surface area (Å²) in [4.78, 5) is 18.4. The smallest absolute Gasteiger partial charge is 0.315 e. The van der Waals surface area contributed by atoms with Gasteiger partial charge in [0, 0.05) is 44.6 Å². The summed E-state index contributed by atoms with van der Waals surface area (Å²) in [7, 11) is 3.87. The lowest BCUT2D eigenvalue weighted by molar-refractivity contribution is 0.240. The number of hydrogen-bond donors (Lipinski definition) is 2. The van der Waals surface area contributed by atoms with E-state index in [0.29, 0.717) is 13.1 Å². The zero-order chi connectivity index (χ0) is 20.1. The monoisotopic (exact) mass is 378 g/mol. The molecule has 2 N–H and O–H groups in total. The van der Waals surface area contributed by atoms with Gasteiger partial charge in [0.1, 0.15) is 5.82 Å². The Bertz CT molecular complexity index is 949. The topological polar surface area (TPSA) is 75.1 Å². The Morgan fingerprint density at radius 2 is 1.79 bits per heavy atom. The molecule has 0 aliphatic rings. The highest BCUT2D eigenvalue weighted by Gasteiger charge is 2.13. The number of rotatable bonds is 6. The summed E-state index contributed by atoms with van der Waals surface area (Å²) < 4.78 is 1.91. The van der Waals surface area contributed by atoms with Crippen LogP contribution in [0.4, 0.5) is 10.6 Å². The van der Waals surface area contributed by atoms with Gasteiger partial charge in [0.25, 0.3) is 0 Å². The van der Waals surface area contributed by atoms with Crippen molar-refractivity contribution in [1.82, 2.24) is 25.4 Å². The Balaban J connectivity index is 1.59. The second-order valence-corrected chi connectivity index (χ2v) is 6.85. The van der Waals surface area contributed by atoms with Crippen molar-refractivity contribution in [2.75, 3.05) is 19.0 Å². The molecule has 0 radical (unpaired) electrons. The van der Waals surface area contributed by atoms with Crippen LogP contribution in [-0.2, 0) is 13.1 Å². The maximum Gasteiger partial charge on any atom is 0.315 e. The molecule has 0 atom stereocenters. The van der Waals surface area contributed by atoms with Gasteiger partial charge in [-0.2, -0.15) is 5.10 Å². The van der Waals surface area contributed by atoms with Crippen molar-refractivity contribution in [3.05, 3.63) is 71.2 Å². The number of carbonyl (C=O) groups excluding carboxylic acids is 1. The molecular weight excluding hydrogens is 352 g/mol. The average molecular weight is 378 g/mol. The van der Waals surface area contributed by atoms with Crippen LogP contribution in [0, 0.1) is 13.8 Å². The standard InChI is InChI=1S/C21H26N6O/c1-15-19(16(2)27(25-15)18-8-6-5-7-9-18)14-24-21(28)23-13-17-10-11-22-20(12-17)26(3)4/h5-12H,13-14H2,1-4H3,(H2,23,24,28). The molecule has 3 aromatic rings. The number of nitrogens with zero attached hydrogens (tertiary/aromatic N) is 4. The Morgan fingerprint density at radius 1 is 1.07 bits per heavy atom. The highest BCUT2D eigenvalue weighted by Crippen LogP contribution is 2.17. The van der Waals surface area contributed by atoms with Crippen LogP contribution < -0.4 is 15.5 Å². The first-order valence-corrected chi connectivity index (χ1v) is 9.20. The van der Waals surface area contributed by atoms with Crippen LogP contribution in [0.3, 0.4) is 0 Å². The van der Waals surface area contributed by atoms with Crippen molar-refractivity contribution >= 4 is 11.8 Å². The molecule has 0 unspecified atom stereocenters. The van der Waals surface area contributed by atoms with Crippen molar-refractivity contribution in [2.45, 2.75) is 26.9 Å². The predicted octanol–water partition coefficient (Wildman–Crippen LogP) is 2.95. The van der Waals surface area contributed by atoms with Crippen molar-refractivity contribution in [2.24, 2.45) is 0 Å². The van der Waals surface area contributed by atoms with E-state index in [4.69, 9.17) is 0 Å². The molecule has 7 nitrogen and oxygen atoms in total. The molecule has 0 fully saturated rings. The first-order valence-electron chi connectivity index (χ1n) is 9.20. The van der Waals surface area contributed by atoms with Crippen LogP contribution in [0.25, 0.3) is 5.69 Å². The third-order valence-corrected chi connectivity index (χ3v) is 4.59. The van der Waals surface area contributed by atoms with Crippen LogP contribution in [0.1, 0.15) is 22.5 Å². The summed E-state index contributed by atoms with van der Waals surface area (Å²) in [5, 5.41) is 10.4. The molecule has 0 saturated heterocycles. The fraction of sp³-hybridized carbons (Fsp3) is 0.286. The Hall–Kier alpha value is -3.35. The lowest BCUT2D eigenvalue weighted by Gasteiger charge is -2.13. The largest absolute Gasteiger partial charge is 0.363 e. The van der Waals surface area contributed by atoms with E-state index in [-0.39, 0.29) is 6.03 Å². The fourth-order valence-corrected chi connectivity index (χ4v) is 2.98. The Morgan fingerprint density at radius 3 is 2.50 bits per heavy atom. The van der Waals surface area contributed by atoms with Gasteiger partial charge in [-0.15, -0.1) is 0 Å². The number of carbonyl (C=O) groups is 1. The van der Waals surface area contributed by atoms with Gasteiger partial charge in [-0.25, -0.2) is 14.5 Å². The number of aromatic nitrogens is 3. The minimum atomic E-state index is -0.213. The third kappa shape index (κ3) is 4.49. The van der Waals surface area contributed by atoms with Gasteiger partial charge in [0.15, 0.2) is 0 Å². The van der Waals surface area contributed by atoms with Crippen LogP contribution in [0.5, 0.6) is 0 Å². The summed E-state index contributed by atoms with van der Waals surface area (Å²) in [5.74, 6) is 0.860. The lowest BCUT2D eigenvalue weighted by Crippen LogP contribution is -2.34. The number of anilines is 1. The molecule has 1 aromatic carbocycles. The number of nitrogens with one attached hydrogen (secondary N) is 2. The van der Waals surface area contributed by atoms with Gasteiger partial charge in [-0.1, -0.05) is 18.2 Å². The number of benzene rings is 1. The molecule has 0 aliphatic carbocycles. The number of amides is 2. The Labute approximate surface area is 165 Å².